The van der Waals surface area contributed by atoms with E-state index in [0.29, 0.717) is 17.0 Å². The van der Waals surface area contributed by atoms with Gasteiger partial charge < -0.3 is 21.1 Å². The minimum Gasteiger partial charge on any atom is -0.495 e. The molecule has 2 aromatic rings. The van der Waals surface area contributed by atoms with Gasteiger partial charge in [0.15, 0.2) is 5.96 Å². The van der Waals surface area contributed by atoms with Crippen molar-refractivity contribution < 1.29 is 13.9 Å². The van der Waals surface area contributed by atoms with Crippen molar-refractivity contribution in [2.45, 2.75) is 6.92 Å². The van der Waals surface area contributed by atoms with Crippen LogP contribution in [-0.4, -0.2) is 32.1 Å². The van der Waals surface area contributed by atoms with Crippen LogP contribution >= 0.6 is 0 Å². The van der Waals surface area contributed by atoms with Crippen LogP contribution in [0.1, 0.15) is 15.9 Å². The number of halogens is 1. The number of benzene rings is 2. The van der Waals surface area contributed by atoms with Crippen LogP contribution in [0.15, 0.2) is 47.5 Å². The molecule has 0 saturated carbocycles. The predicted molar refractivity (Wildman–Crippen MR) is 96.6 cm³/mol. The fourth-order valence-electron chi connectivity index (χ4n) is 2.11. The third-order valence-electron chi connectivity index (χ3n) is 3.48. The summed E-state index contributed by atoms with van der Waals surface area (Å²) in [4.78, 5) is 16.1. The summed E-state index contributed by atoms with van der Waals surface area (Å²) in [5.41, 5.74) is 7.28. The minimum atomic E-state index is -0.407. The quantitative estimate of drug-likeness (QED) is 0.426. The molecule has 0 heterocycles. The van der Waals surface area contributed by atoms with Gasteiger partial charge in [-0.05, 0) is 36.8 Å². The maximum atomic E-state index is 13.5. The molecule has 0 bridgehead atoms. The minimum absolute atomic E-state index is 0.208. The number of anilines is 1. The molecule has 0 unspecified atom stereocenters. The van der Waals surface area contributed by atoms with Crippen LogP contribution in [0, 0.1) is 12.7 Å². The molecular weight excluding hydrogens is 323 g/mol. The van der Waals surface area contributed by atoms with E-state index in [1.165, 1.54) is 6.07 Å². The van der Waals surface area contributed by atoms with Gasteiger partial charge in [0.2, 0.25) is 0 Å². The molecule has 0 aliphatic heterocycles. The number of para-hydroxylation sites is 2. The van der Waals surface area contributed by atoms with E-state index in [9.17, 15) is 9.18 Å². The van der Waals surface area contributed by atoms with Crippen molar-refractivity contribution in [1.82, 2.24) is 5.32 Å². The number of aryl methyl sites for hydroxylation is 1. The monoisotopic (exact) mass is 344 g/mol. The van der Waals surface area contributed by atoms with Gasteiger partial charge in [0.25, 0.3) is 5.91 Å². The van der Waals surface area contributed by atoms with E-state index in [1.54, 1.807) is 32.2 Å². The molecule has 132 valence electrons. The van der Waals surface area contributed by atoms with Crippen molar-refractivity contribution >= 4 is 17.6 Å². The Balaban J connectivity index is 1.83. The highest BCUT2D eigenvalue weighted by molar-refractivity contribution is 5.94. The van der Waals surface area contributed by atoms with Crippen molar-refractivity contribution in [2.24, 2.45) is 10.7 Å². The standard InChI is InChI=1S/C18H21FN4O2/c1-12-7-8-13(11-14(12)19)17(24)21-9-10-22-18(20)23-15-5-3-4-6-16(15)25-2/h3-8,11H,9-10H2,1-2H3,(H,21,24)(H3,20,22,23). The second kappa shape index (κ2) is 8.68. The Kier molecular flexibility index (Phi) is 6.33. The van der Waals surface area contributed by atoms with Crippen LogP contribution in [0.5, 0.6) is 5.75 Å². The Labute approximate surface area is 145 Å². The molecule has 0 aromatic heterocycles. The van der Waals surface area contributed by atoms with Crippen LogP contribution in [0.4, 0.5) is 10.1 Å². The summed E-state index contributed by atoms with van der Waals surface area (Å²) < 4.78 is 18.7. The molecule has 25 heavy (non-hydrogen) atoms. The van der Waals surface area contributed by atoms with Crippen molar-refractivity contribution in [3.05, 3.63) is 59.4 Å². The van der Waals surface area contributed by atoms with E-state index in [2.05, 4.69) is 15.6 Å². The fraction of sp³-hybridized carbons (Fsp3) is 0.222. The molecule has 0 saturated heterocycles. The number of rotatable bonds is 6. The van der Waals surface area contributed by atoms with Crippen LogP contribution in [0.2, 0.25) is 0 Å². The largest absolute Gasteiger partial charge is 0.495 e. The number of methoxy groups -OCH3 is 1. The fourth-order valence-corrected chi connectivity index (χ4v) is 2.11. The molecule has 1 amide bonds. The number of carbonyl (C=O) groups is 1. The summed E-state index contributed by atoms with van der Waals surface area (Å²) in [6.07, 6.45) is 0. The van der Waals surface area contributed by atoms with E-state index in [0.717, 1.165) is 0 Å². The number of nitrogens with two attached hydrogens (primary N) is 1. The number of amides is 1. The van der Waals surface area contributed by atoms with Crippen molar-refractivity contribution in [1.29, 1.82) is 0 Å². The van der Waals surface area contributed by atoms with E-state index in [-0.39, 0.29) is 30.5 Å². The van der Waals surface area contributed by atoms with E-state index >= 15 is 0 Å². The summed E-state index contributed by atoms with van der Waals surface area (Å²) in [5, 5.41) is 5.60. The van der Waals surface area contributed by atoms with Gasteiger partial charge in [0.1, 0.15) is 11.6 Å². The van der Waals surface area contributed by atoms with Gasteiger partial charge in [0, 0.05) is 12.1 Å². The van der Waals surface area contributed by atoms with Gasteiger partial charge in [-0.1, -0.05) is 18.2 Å². The highest BCUT2D eigenvalue weighted by Gasteiger charge is 2.07. The zero-order chi connectivity index (χ0) is 18.2. The summed E-state index contributed by atoms with van der Waals surface area (Å²) in [6.45, 7) is 2.21. The third-order valence-corrected chi connectivity index (χ3v) is 3.48. The molecule has 7 heteroatoms. The zero-order valence-corrected chi connectivity index (χ0v) is 14.2. The lowest BCUT2D eigenvalue weighted by Gasteiger charge is -2.10. The van der Waals surface area contributed by atoms with Gasteiger partial charge in [-0.2, -0.15) is 0 Å². The van der Waals surface area contributed by atoms with Crippen LogP contribution in [-0.2, 0) is 0 Å². The van der Waals surface area contributed by atoms with Gasteiger partial charge in [-0.15, -0.1) is 0 Å². The summed E-state index contributed by atoms with van der Waals surface area (Å²) in [6, 6.07) is 11.7. The highest BCUT2D eigenvalue weighted by Crippen LogP contribution is 2.22. The first kappa shape index (κ1) is 18.3. The molecule has 4 N–H and O–H groups in total. The molecule has 0 fully saturated rings. The number of nitrogens with zero attached hydrogens (tertiary/aromatic N) is 1. The van der Waals surface area contributed by atoms with Crippen LogP contribution in [0.3, 0.4) is 0 Å². The smallest absolute Gasteiger partial charge is 0.251 e. The topological polar surface area (TPSA) is 88.7 Å². The van der Waals surface area contributed by atoms with E-state index in [1.807, 2.05) is 18.2 Å². The van der Waals surface area contributed by atoms with Crippen molar-refractivity contribution in [2.75, 3.05) is 25.5 Å². The lowest BCUT2D eigenvalue weighted by atomic mass is 10.1. The number of ether oxygens (including phenoxy) is 1. The highest BCUT2D eigenvalue weighted by atomic mass is 19.1. The summed E-state index contributed by atoms with van der Waals surface area (Å²) in [7, 11) is 1.57. The number of nitrogens with one attached hydrogen (secondary N) is 2. The van der Waals surface area contributed by atoms with Gasteiger partial charge in [-0.3, -0.25) is 9.79 Å². The molecule has 2 rings (SSSR count). The first-order valence-electron chi connectivity index (χ1n) is 7.75. The summed E-state index contributed by atoms with van der Waals surface area (Å²) in [5.74, 6) is 0.0942. The Bertz CT molecular complexity index is 777. The second-order valence-corrected chi connectivity index (χ2v) is 5.31. The number of hydrogen-bond donors (Lipinski definition) is 3. The van der Waals surface area contributed by atoms with Crippen molar-refractivity contribution in [3.8, 4) is 5.75 Å². The molecular formula is C18H21FN4O2. The van der Waals surface area contributed by atoms with Gasteiger partial charge >= 0.3 is 0 Å². The Morgan fingerprint density at radius 2 is 2.04 bits per heavy atom. The van der Waals surface area contributed by atoms with E-state index < -0.39 is 5.82 Å². The molecule has 0 spiro atoms. The molecule has 6 nitrogen and oxygen atoms in total. The molecule has 0 aliphatic carbocycles. The second-order valence-electron chi connectivity index (χ2n) is 5.31. The van der Waals surface area contributed by atoms with E-state index in [4.69, 9.17) is 10.5 Å². The van der Waals surface area contributed by atoms with Crippen LogP contribution < -0.4 is 21.1 Å². The van der Waals surface area contributed by atoms with Gasteiger partial charge in [-0.25, -0.2) is 4.39 Å². The Morgan fingerprint density at radius 3 is 2.76 bits per heavy atom. The first-order valence-corrected chi connectivity index (χ1v) is 7.75. The number of hydrogen-bond acceptors (Lipinski definition) is 3. The number of aliphatic imine (C=N–C) groups is 1. The SMILES string of the molecule is COc1ccccc1NC(N)=NCCNC(=O)c1ccc(C)c(F)c1. The molecule has 0 aliphatic rings. The van der Waals surface area contributed by atoms with Crippen molar-refractivity contribution in [3.63, 3.8) is 0 Å². The maximum absolute atomic E-state index is 13.5. The predicted octanol–water partition coefficient (Wildman–Crippen LogP) is 2.30. The molecule has 0 atom stereocenters. The Hall–Kier alpha value is -3.09. The Morgan fingerprint density at radius 1 is 1.28 bits per heavy atom. The lowest BCUT2D eigenvalue weighted by molar-refractivity contribution is 0.0954. The first-order chi connectivity index (χ1) is 12.0. The number of guanidine groups is 1. The average Bonchev–Trinajstić information content (AvgIpc) is 2.61. The molecule has 0 radical (unpaired) electrons. The normalized spacial score (nSPS) is 11.1. The average molecular weight is 344 g/mol. The summed E-state index contributed by atoms with van der Waals surface area (Å²) >= 11 is 0. The maximum Gasteiger partial charge on any atom is 0.251 e. The zero-order valence-electron chi connectivity index (χ0n) is 14.2. The molecule has 2 aromatic carbocycles. The lowest BCUT2D eigenvalue weighted by Crippen LogP contribution is -2.28. The number of carbonyl (C=O) groups excluding carboxylic acids is 1. The van der Waals surface area contributed by atoms with Crippen LogP contribution in [0.25, 0.3) is 0 Å². The van der Waals surface area contributed by atoms with Gasteiger partial charge in [0.05, 0.1) is 19.3 Å². The third kappa shape index (κ3) is 5.20.